The van der Waals surface area contributed by atoms with Gasteiger partial charge >= 0.3 is 6.03 Å². The topological polar surface area (TPSA) is 83.1 Å². The zero-order valence-corrected chi connectivity index (χ0v) is 15.0. The van der Waals surface area contributed by atoms with Crippen LogP contribution in [0.1, 0.15) is 50.8 Å². The van der Waals surface area contributed by atoms with E-state index in [1.807, 2.05) is 49.9 Å². The standard InChI is InChI=1S/C18H25N5O2/c1-12(2)25-16-10-5-4-8-14(16)20-18(24)23-11-7-6-9-15(23)17-19-13(3)21-22-17/h4-5,8,10,12,15H,6-7,9,11H2,1-3H3,(H,20,24)(H,19,21,22)/t15-/m1/s1. The smallest absolute Gasteiger partial charge is 0.322 e. The Kier molecular flexibility index (Phi) is 5.21. The van der Waals surface area contributed by atoms with E-state index in [4.69, 9.17) is 4.74 Å². The summed E-state index contributed by atoms with van der Waals surface area (Å²) in [6.07, 6.45) is 2.96. The predicted octanol–water partition coefficient (Wildman–Crippen LogP) is 3.66. The summed E-state index contributed by atoms with van der Waals surface area (Å²) in [6, 6.07) is 7.25. The number of hydrogen-bond acceptors (Lipinski definition) is 4. The molecule has 1 atom stereocenters. The van der Waals surface area contributed by atoms with Gasteiger partial charge in [-0.15, -0.1) is 0 Å². The number of carbonyl (C=O) groups is 1. The van der Waals surface area contributed by atoms with Gasteiger partial charge in [-0.1, -0.05) is 12.1 Å². The van der Waals surface area contributed by atoms with Crippen molar-refractivity contribution in [1.29, 1.82) is 0 Å². The Morgan fingerprint density at radius 3 is 2.88 bits per heavy atom. The summed E-state index contributed by atoms with van der Waals surface area (Å²) in [4.78, 5) is 19.1. The Hall–Kier alpha value is -2.57. The Morgan fingerprint density at radius 1 is 1.36 bits per heavy atom. The first-order valence-electron chi connectivity index (χ1n) is 8.77. The highest BCUT2D eigenvalue weighted by atomic mass is 16.5. The molecule has 0 aliphatic carbocycles. The molecule has 0 radical (unpaired) electrons. The number of aromatic nitrogens is 3. The number of benzene rings is 1. The molecule has 2 heterocycles. The van der Waals surface area contributed by atoms with Crippen molar-refractivity contribution >= 4 is 11.7 Å². The minimum Gasteiger partial charge on any atom is -0.489 e. The van der Waals surface area contributed by atoms with E-state index in [0.717, 1.165) is 25.1 Å². The molecule has 2 aromatic rings. The van der Waals surface area contributed by atoms with Crippen molar-refractivity contribution in [3.05, 3.63) is 35.9 Å². The van der Waals surface area contributed by atoms with Gasteiger partial charge in [0.2, 0.25) is 0 Å². The number of carbonyl (C=O) groups excluding carboxylic acids is 1. The van der Waals surface area contributed by atoms with E-state index in [-0.39, 0.29) is 18.2 Å². The molecule has 7 heteroatoms. The molecular formula is C18H25N5O2. The van der Waals surface area contributed by atoms with E-state index in [1.165, 1.54) is 0 Å². The lowest BCUT2D eigenvalue weighted by atomic mass is 10.0. The molecule has 2 N–H and O–H groups in total. The van der Waals surface area contributed by atoms with Crippen molar-refractivity contribution < 1.29 is 9.53 Å². The fraction of sp³-hybridized carbons (Fsp3) is 0.500. The van der Waals surface area contributed by atoms with Gasteiger partial charge in [0.1, 0.15) is 11.6 Å². The number of urea groups is 1. The van der Waals surface area contributed by atoms with Crippen LogP contribution in [0.15, 0.2) is 24.3 Å². The third-order valence-electron chi connectivity index (χ3n) is 4.17. The number of likely N-dealkylation sites (tertiary alicyclic amines) is 1. The lowest BCUT2D eigenvalue weighted by Crippen LogP contribution is -2.41. The molecule has 1 aliphatic heterocycles. The summed E-state index contributed by atoms with van der Waals surface area (Å²) in [7, 11) is 0. The van der Waals surface area contributed by atoms with Gasteiger partial charge in [-0.3, -0.25) is 5.10 Å². The van der Waals surface area contributed by atoms with Gasteiger partial charge in [-0.05, 0) is 52.2 Å². The number of aromatic amines is 1. The van der Waals surface area contributed by atoms with Crippen LogP contribution in [0.5, 0.6) is 5.75 Å². The lowest BCUT2D eigenvalue weighted by molar-refractivity contribution is 0.159. The molecule has 7 nitrogen and oxygen atoms in total. The van der Waals surface area contributed by atoms with Crippen LogP contribution in [0, 0.1) is 6.92 Å². The van der Waals surface area contributed by atoms with E-state index >= 15 is 0 Å². The molecule has 134 valence electrons. The first kappa shape index (κ1) is 17.3. The van der Waals surface area contributed by atoms with Gasteiger partial charge in [-0.25, -0.2) is 9.78 Å². The van der Waals surface area contributed by atoms with E-state index in [2.05, 4.69) is 20.5 Å². The molecule has 3 rings (SSSR count). The summed E-state index contributed by atoms with van der Waals surface area (Å²) in [5.41, 5.74) is 0.677. The molecule has 0 unspecified atom stereocenters. The third-order valence-corrected chi connectivity index (χ3v) is 4.17. The van der Waals surface area contributed by atoms with Gasteiger partial charge in [0.25, 0.3) is 0 Å². The van der Waals surface area contributed by atoms with Crippen LogP contribution in [0.4, 0.5) is 10.5 Å². The Balaban J connectivity index is 1.77. The summed E-state index contributed by atoms with van der Waals surface area (Å²) >= 11 is 0. The molecule has 1 aromatic heterocycles. The molecule has 1 aromatic carbocycles. The maximum atomic E-state index is 12.9. The fourth-order valence-corrected chi connectivity index (χ4v) is 3.07. The Labute approximate surface area is 147 Å². The Bertz CT molecular complexity index is 728. The second-order valence-electron chi connectivity index (χ2n) is 6.58. The number of ether oxygens (including phenoxy) is 1. The van der Waals surface area contributed by atoms with Crippen LogP contribution in [0.3, 0.4) is 0 Å². The maximum Gasteiger partial charge on any atom is 0.322 e. The second kappa shape index (κ2) is 7.55. The van der Waals surface area contributed by atoms with Crippen LogP contribution in [0.2, 0.25) is 0 Å². The van der Waals surface area contributed by atoms with Crippen LogP contribution in [-0.4, -0.2) is 38.8 Å². The number of hydrogen-bond donors (Lipinski definition) is 2. The average Bonchev–Trinajstić information content (AvgIpc) is 3.02. The van der Waals surface area contributed by atoms with Crippen LogP contribution in [-0.2, 0) is 0 Å². The van der Waals surface area contributed by atoms with Crippen molar-refractivity contribution in [2.75, 3.05) is 11.9 Å². The normalized spacial score (nSPS) is 17.6. The summed E-state index contributed by atoms with van der Waals surface area (Å²) in [5.74, 6) is 2.11. The summed E-state index contributed by atoms with van der Waals surface area (Å²) in [6.45, 7) is 6.48. The second-order valence-corrected chi connectivity index (χ2v) is 6.58. The predicted molar refractivity (Wildman–Crippen MR) is 95.6 cm³/mol. The minimum absolute atomic E-state index is 0.0389. The van der Waals surface area contributed by atoms with Gasteiger partial charge in [0, 0.05) is 6.54 Å². The largest absolute Gasteiger partial charge is 0.489 e. The maximum absolute atomic E-state index is 12.9. The Morgan fingerprint density at radius 2 is 2.16 bits per heavy atom. The molecule has 25 heavy (non-hydrogen) atoms. The first-order valence-corrected chi connectivity index (χ1v) is 8.77. The highest BCUT2D eigenvalue weighted by molar-refractivity contribution is 5.91. The van der Waals surface area contributed by atoms with Crippen molar-refractivity contribution in [2.45, 2.75) is 52.2 Å². The first-order chi connectivity index (χ1) is 12.0. The van der Waals surface area contributed by atoms with Crippen molar-refractivity contribution in [3.63, 3.8) is 0 Å². The van der Waals surface area contributed by atoms with Gasteiger partial charge < -0.3 is 15.0 Å². The van der Waals surface area contributed by atoms with Crippen molar-refractivity contribution in [3.8, 4) is 5.75 Å². The summed E-state index contributed by atoms with van der Waals surface area (Å²) < 4.78 is 5.79. The number of anilines is 1. The summed E-state index contributed by atoms with van der Waals surface area (Å²) in [5, 5.41) is 10.1. The van der Waals surface area contributed by atoms with E-state index in [9.17, 15) is 4.79 Å². The third kappa shape index (κ3) is 4.10. The zero-order valence-electron chi connectivity index (χ0n) is 15.0. The van der Waals surface area contributed by atoms with Crippen LogP contribution >= 0.6 is 0 Å². The van der Waals surface area contributed by atoms with Gasteiger partial charge in [-0.2, -0.15) is 5.10 Å². The molecule has 2 amide bonds. The van der Waals surface area contributed by atoms with Gasteiger partial charge in [0.05, 0.1) is 17.8 Å². The fourth-order valence-electron chi connectivity index (χ4n) is 3.07. The highest BCUT2D eigenvalue weighted by Gasteiger charge is 2.31. The average molecular weight is 343 g/mol. The number of aryl methyl sites for hydroxylation is 1. The van der Waals surface area contributed by atoms with E-state index in [1.54, 1.807) is 0 Å². The molecule has 0 bridgehead atoms. The van der Waals surface area contributed by atoms with Gasteiger partial charge in [0.15, 0.2) is 5.82 Å². The minimum atomic E-state index is -0.146. The lowest BCUT2D eigenvalue weighted by Gasteiger charge is -2.34. The quantitative estimate of drug-likeness (QED) is 0.887. The monoisotopic (exact) mass is 343 g/mol. The van der Waals surface area contributed by atoms with Crippen LogP contribution < -0.4 is 10.1 Å². The van der Waals surface area contributed by atoms with E-state index in [0.29, 0.717) is 23.8 Å². The molecule has 0 saturated carbocycles. The number of piperidine rings is 1. The molecular weight excluding hydrogens is 318 g/mol. The van der Waals surface area contributed by atoms with Crippen LogP contribution in [0.25, 0.3) is 0 Å². The SMILES string of the molecule is Cc1nc([C@H]2CCCCN2C(=O)Nc2ccccc2OC(C)C)n[nH]1. The number of amides is 2. The number of rotatable bonds is 4. The molecule has 1 fully saturated rings. The molecule has 1 aliphatic rings. The van der Waals surface area contributed by atoms with Crippen molar-refractivity contribution in [1.82, 2.24) is 20.1 Å². The number of para-hydroxylation sites is 2. The number of nitrogens with one attached hydrogen (secondary N) is 2. The zero-order chi connectivity index (χ0) is 17.8. The number of H-pyrrole nitrogens is 1. The molecule has 1 saturated heterocycles. The highest BCUT2D eigenvalue weighted by Crippen LogP contribution is 2.31. The molecule has 0 spiro atoms. The van der Waals surface area contributed by atoms with E-state index < -0.39 is 0 Å². The van der Waals surface area contributed by atoms with Crippen molar-refractivity contribution in [2.24, 2.45) is 0 Å². The number of nitrogens with zero attached hydrogens (tertiary/aromatic N) is 3.